The molecule has 168 valence electrons. The van der Waals surface area contributed by atoms with Crippen LogP contribution in [0.4, 0.5) is 11.5 Å². The van der Waals surface area contributed by atoms with Crippen molar-refractivity contribution in [2.24, 2.45) is 10.7 Å². The van der Waals surface area contributed by atoms with E-state index in [0.29, 0.717) is 36.0 Å². The van der Waals surface area contributed by atoms with Gasteiger partial charge in [0, 0.05) is 49.2 Å². The lowest BCUT2D eigenvalue weighted by Gasteiger charge is -2.12. The second kappa shape index (κ2) is 11.9. The summed E-state index contributed by atoms with van der Waals surface area (Å²) in [7, 11) is 1.85. The number of nitrogens with two attached hydrogens (primary N) is 2. The molecule has 2 aromatic heterocycles. The maximum atomic E-state index is 6.06. The van der Waals surface area contributed by atoms with Crippen molar-refractivity contribution in [3.63, 3.8) is 0 Å². The van der Waals surface area contributed by atoms with E-state index >= 15 is 0 Å². The maximum Gasteiger partial charge on any atom is 0.150 e. The zero-order chi connectivity index (χ0) is 23.5. The van der Waals surface area contributed by atoms with Gasteiger partial charge in [0.15, 0.2) is 5.84 Å². The number of hydrogen-bond donors (Lipinski definition) is 4. The number of allylic oxidation sites excluding steroid dienone is 5. The van der Waals surface area contributed by atoms with E-state index in [1.807, 2.05) is 43.0 Å². The van der Waals surface area contributed by atoms with Crippen LogP contribution < -0.4 is 22.1 Å². The van der Waals surface area contributed by atoms with Crippen molar-refractivity contribution in [2.45, 2.75) is 19.8 Å². The smallest absolute Gasteiger partial charge is 0.150 e. The number of nitrogen functional groups attached to an aromatic ring is 1. The number of pyridine rings is 1. The van der Waals surface area contributed by atoms with Crippen LogP contribution in [-0.4, -0.2) is 34.0 Å². The van der Waals surface area contributed by atoms with Crippen molar-refractivity contribution >= 4 is 28.6 Å². The molecule has 2 heterocycles. The number of nitrogens with zero attached hydrogens (tertiary/aromatic N) is 4. The molecule has 0 fully saturated rings. The van der Waals surface area contributed by atoms with Crippen LogP contribution >= 0.6 is 0 Å². The van der Waals surface area contributed by atoms with Gasteiger partial charge in [0.25, 0.3) is 0 Å². The van der Waals surface area contributed by atoms with E-state index in [0.717, 1.165) is 29.2 Å². The molecular formula is C24H32N8. The molecule has 0 aliphatic heterocycles. The number of imidazole rings is 1. The number of rotatable bonds is 12. The van der Waals surface area contributed by atoms with Gasteiger partial charge in [-0.2, -0.15) is 0 Å². The molecule has 0 spiro atoms. The summed E-state index contributed by atoms with van der Waals surface area (Å²) in [5.41, 5.74) is 15.9. The van der Waals surface area contributed by atoms with Crippen molar-refractivity contribution in [2.75, 3.05) is 24.6 Å². The summed E-state index contributed by atoms with van der Waals surface area (Å²) in [6.07, 6.45) is 12.3. The molecule has 0 aliphatic rings. The Kier molecular flexibility index (Phi) is 9.04. The molecule has 0 amide bonds. The molecule has 8 nitrogen and oxygen atoms in total. The van der Waals surface area contributed by atoms with Crippen molar-refractivity contribution in [1.29, 1.82) is 0 Å². The number of nitrogens with one attached hydrogen (secondary N) is 2. The molecule has 0 atom stereocenters. The summed E-state index contributed by atoms with van der Waals surface area (Å²) >= 11 is 0. The first-order valence-electron chi connectivity index (χ1n) is 10.3. The van der Waals surface area contributed by atoms with Crippen LogP contribution in [0.1, 0.15) is 31.3 Å². The summed E-state index contributed by atoms with van der Waals surface area (Å²) in [6.45, 7) is 14.3. The lowest BCUT2D eigenvalue weighted by Crippen LogP contribution is -2.13. The third-order valence-electron chi connectivity index (χ3n) is 4.70. The third-order valence-corrected chi connectivity index (χ3v) is 4.70. The van der Waals surface area contributed by atoms with Crippen LogP contribution in [0, 0.1) is 0 Å². The van der Waals surface area contributed by atoms with Gasteiger partial charge in [-0.1, -0.05) is 38.0 Å². The Labute approximate surface area is 189 Å². The zero-order valence-corrected chi connectivity index (χ0v) is 18.8. The van der Waals surface area contributed by atoms with Gasteiger partial charge < -0.3 is 26.7 Å². The lowest BCUT2D eigenvalue weighted by atomic mass is 10.2. The van der Waals surface area contributed by atoms with Gasteiger partial charge in [-0.05, 0) is 31.9 Å². The van der Waals surface area contributed by atoms with Crippen molar-refractivity contribution in [1.82, 2.24) is 19.9 Å². The predicted molar refractivity (Wildman–Crippen MR) is 136 cm³/mol. The fourth-order valence-electron chi connectivity index (χ4n) is 2.86. The Hall–Kier alpha value is -4.07. The summed E-state index contributed by atoms with van der Waals surface area (Å²) in [5.74, 6) is 1.66. The SMILES string of the molecule is C=CN=C(N)c1cn(C(=C)CCC(=C)NC)c(C(/C=C\CNc2ncccc2N)=C/C)n1. The quantitative estimate of drug-likeness (QED) is 0.230. The van der Waals surface area contributed by atoms with Gasteiger partial charge in [-0.25, -0.2) is 15.0 Å². The van der Waals surface area contributed by atoms with Crippen molar-refractivity contribution < 1.29 is 0 Å². The Morgan fingerprint density at radius 2 is 2.09 bits per heavy atom. The average molecular weight is 433 g/mol. The van der Waals surface area contributed by atoms with Gasteiger partial charge in [0.1, 0.15) is 17.3 Å². The molecule has 0 unspecified atom stereocenters. The van der Waals surface area contributed by atoms with E-state index in [9.17, 15) is 0 Å². The molecule has 0 bridgehead atoms. The van der Waals surface area contributed by atoms with E-state index in [-0.39, 0.29) is 0 Å². The normalized spacial score (nSPS) is 12.1. The van der Waals surface area contributed by atoms with Crippen LogP contribution in [-0.2, 0) is 0 Å². The Morgan fingerprint density at radius 3 is 2.75 bits per heavy atom. The zero-order valence-electron chi connectivity index (χ0n) is 18.8. The molecule has 0 aromatic carbocycles. The maximum absolute atomic E-state index is 6.06. The molecule has 6 N–H and O–H groups in total. The van der Waals surface area contributed by atoms with Crippen LogP contribution in [0.3, 0.4) is 0 Å². The minimum Gasteiger partial charge on any atom is -0.396 e. The van der Waals surface area contributed by atoms with Gasteiger partial charge >= 0.3 is 0 Å². The highest BCUT2D eigenvalue weighted by Crippen LogP contribution is 2.23. The van der Waals surface area contributed by atoms with E-state index in [2.05, 4.69) is 40.3 Å². The van der Waals surface area contributed by atoms with E-state index in [4.69, 9.17) is 16.5 Å². The Bertz CT molecular complexity index is 1060. The summed E-state index contributed by atoms with van der Waals surface area (Å²) in [4.78, 5) is 13.0. The van der Waals surface area contributed by atoms with Crippen LogP contribution in [0.5, 0.6) is 0 Å². The fraction of sp³-hybridized carbons (Fsp3) is 0.208. The summed E-state index contributed by atoms with van der Waals surface area (Å²) in [5, 5.41) is 6.26. The lowest BCUT2D eigenvalue weighted by molar-refractivity contribution is 0.838. The Balaban J connectivity index is 2.27. The highest BCUT2D eigenvalue weighted by atomic mass is 15.1. The summed E-state index contributed by atoms with van der Waals surface area (Å²) in [6, 6.07) is 3.60. The summed E-state index contributed by atoms with van der Waals surface area (Å²) < 4.78 is 1.94. The minimum absolute atomic E-state index is 0.291. The first-order chi connectivity index (χ1) is 15.4. The molecule has 0 saturated carbocycles. The fourth-order valence-corrected chi connectivity index (χ4v) is 2.86. The van der Waals surface area contributed by atoms with Gasteiger partial charge in [0.05, 0.1) is 5.69 Å². The second-order valence-corrected chi connectivity index (χ2v) is 6.90. The highest BCUT2D eigenvalue weighted by molar-refractivity contribution is 5.96. The topological polar surface area (TPSA) is 119 Å². The molecule has 2 aromatic rings. The van der Waals surface area contributed by atoms with Crippen LogP contribution in [0.25, 0.3) is 11.3 Å². The third kappa shape index (κ3) is 6.46. The van der Waals surface area contributed by atoms with E-state index in [1.165, 1.54) is 6.20 Å². The monoisotopic (exact) mass is 432 g/mol. The molecule has 32 heavy (non-hydrogen) atoms. The molecule has 0 aliphatic carbocycles. The van der Waals surface area contributed by atoms with Gasteiger partial charge in [-0.3, -0.25) is 0 Å². The average Bonchev–Trinajstić information content (AvgIpc) is 3.24. The van der Waals surface area contributed by atoms with Crippen LogP contribution in [0.2, 0.25) is 0 Å². The van der Waals surface area contributed by atoms with Gasteiger partial charge in [-0.15, -0.1) is 0 Å². The van der Waals surface area contributed by atoms with Crippen molar-refractivity contribution in [3.05, 3.63) is 85.9 Å². The van der Waals surface area contributed by atoms with Crippen molar-refractivity contribution in [3.8, 4) is 0 Å². The second-order valence-electron chi connectivity index (χ2n) is 6.90. The van der Waals surface area contributed by atoms with E-state index < -0.39 is 0 Å². The molecule has 0 saturated heterocycles. The van der Waals surface area contributed by atoms with E-state index in [1.54, 1.807) is 18.3 Å². The Morgan fingerprint density at radius 1 is 1.31 bits per heavy atom. The number of aliphatic imine (C=N–C) groups is 1. The molecule has 8 heteroatoms. The predicted octanol–water partition coefficient (Wildman–Crippen LogP) is 3.76. The largest absolute Gasteiger partial charge is 0.396 e. The van der Waals surface area contributed by atoms with Crippen LogP contribution in [0.15, 0.2) is 79.4 Å². The van der Waals surface area contributed by atoms with Gasteiger partial charge in [0.2, 0.25) is 0 Å². The number of aromatic nitrogens is 3. The standard InChI is InChI=1S/C24H32N8/c1-6-19(10-8-14-29-23-20(25)11-9-15-30-23)24-31-21(22(26)28-7-2)16-32(24)18(4)13-12-17(3)27-5/h6-11,15-16,27H,2-4,12-14,25H2,1,5H3,(H2,26,28)(H,29,30)/b10-8-,19-6+. The molecule has 0 radical (unpaired) electrons. The number of amidine groups is 1. The first kappa shape index (κ1) is 24.2. The molecule has 2 rings (SSSR count). The molecular weight excluding hydrogens is 400 g/mol. The number of anilines is 2. The highest BCUT2D eigenvalue weighted by Gasteiger charge is 2.15. The first-order valence-corrected chi connectivity index (χ1v) is 10.3. The number of hydrogen-bond acceptors (Lipinski definition) is 6. The minimum atomic E-state index is 0.291.